The van der Waals surface area contributed by atoms with Crippen LogP contribution in [0.5, 0.6) is 0 Å². The first kappa shape index (κ1) is 15.6. The summed E-state index contributed by atoms with van der Waals surface area (Å²) in [5.41, 5.74) is 8.40. The van der Waals surface area contributed by atoms with Crippen molar-refractivity contribution in [2.24, 2.45) is 5.73 Å². The molecule has 0 aliphatic carbocycles. The Balaban J connectivity index is 2.03. The van der Waals surface area contributed by atoms with Gasteiger partial charge in [-0.1, -0.05) is 42.5 Å². The number of rotatable bonds is 6. The van der Waals surface area contributed by atoms with Crippen LogP contribution in [0.25, 0.3) is 0 Å². The summed E-state index contributed by atoms with van der Waals surface area (Å²) in [5, 5.41) is 2.17. The molecule has 2 N–H and O–H groups in total. The maximum atomic E-state index is 5.91. The minimum Gasteiger partial charge on any atom is -0.393 e. The Labute approximate surface area is 137 Å². The molecule has 1 unspecified atom stereocenters. The van der Waals surface area contributed by atoms with Crippen LogP contribution in [0.15, 0.2) is 45.6 Å². The summed E-state index contributed by atoms with van der Waals surface area (Å²) in [6, 6.07) is 12.4. The highest BCUT2D eigenvalue weighted by Gasteiger charge is 2.17. The molecule has 0 saturated heterocycles. The molecule has 2 aromatic rings. The third-order valence-electron chi connectivity index (χ3n) is 3.11. The second-order valence-corrected chi connectivity index (χ2v) is 7.58. The molecule has 0 saturated carbocycles. The summed E-state index contributed by atoms with van der Waals surface area (Å²) < 4.78 is 1.16. The largest absolute Gasteiger partial charge is 0.393 e. The Hall–Kier alpha value is -0.750. The maximum absolute atomic E-state index is 5.91. The molecule has 1 aromatic carbocycles. The quantitative estimate of drug-likeness (QED) is 0.780. The molecular weight excluding hydrogens is 352 g/mol. The molecule has 2 rings (SSSR count). The van der Waals surface area contributed by atoms with Crippen molar-refractivity contribution in [3.05, 3.63) is 56.7 Å². The highest BCUT2D eigenvalue weighted by Crippen LogP contribution is 2.23. The summed E-state index contributed by atoms with van der Waals surface area (Å²) in [6.07, 6.45) is 0. The summed E-state index contributed by atoms with van der Waals surface area (Å²) in [7, 11) is 2.10. The number of nitrogens with two attached hydrogens (primary N) is 1. The van der Waals surface area contributed by atoms with Crippen molar-refractivity contribution in [3.8, 4) is 0 Å². The molecule has 5 heteroatoms. The van der Waals surface area contributed by atoms with E-state index in [9.17, 15) is 0 Å². The van der Waals surface area contributed by atoms with Gasteiger partial charge in [0.2, 0.25) is 0 Å². The Morgan fingerprint density at radius 3 is 2.65 bits per heavy atom. The van der Waals surface area contributed by atoms with Crippen LogP contribution in [0.4, 0.5) is 0 Å². The maximum Gasteiger partial charge on any atom is 0.0816 e. The summed E-state index contributed by atoms with van der Waals surface area (Å²) in [5.74, 6) is 0.0956. The molecule has 0 bridgehead atoms. The smallest absolute Gasteiger partial charge is 0.0816 e. The van der Waals surface area contributed by atoms with Gasteiger partial charge in [0.25, 0.3) is 0 Å². The number of thiophene rings is 1. The Kier molecular flexibility index (Phi) is 5.72. The molecule has 1 heterocycles. The molecule has 106 valence electrons. The fourth-order valence-corrected chi connectivity index (χ4v) is 3.57. The molecule has 1 aromatic heterocycles. The van der Waals surface area contributed by atoms with E-state index in [1.54, 1.807) is 11.3 Å². The highest BCUT2D eigenvalue weighted by atomic mass is 79.9. The van der Waals surface area contributed by atoms with Crippen molar-refractivity contribution in [2.45, 2.75) is 12.5 Å². The van der Waals surface area contributed by atoms with Gasteiger partial charge >= 0.3 is 0 Å². The highest BCUT2D eigenvalue weighted by molar-refractivity contribution is 9.11. The van der Waals surface area contributed by atoms with E-state index in [0.717, 1.165) is 16.9 Å². The van der Waals surface area contributed by atoms with Gasteiger partial charge in [-0.15, -0.1) is 11.3 Å². The molecule has 0 aliphatic rings. The van der Waals surface area contributed by atoms with E-state index < -0.39 is 0 Å². The first-order valence-electron chi connectivity index (χ1n) is 6.32. The van der Waals surface area contributed by atoms with E-state index in [-0.39, 0.29) is 5.92 Å². The van der Waals surface area contributed by atoms with Crippen LogP contribution in [0.2, 0.25) is 0 Å². The van der Waals surface area contributed by atoms with Crippen LogP contribution in [-0.2, 0) is 6.54 Å². The third kappa shape index (κ3) is 4.38. The van der Waals surface area contributed by atoms with Crippen LogP contribution in [0, 0.1) is 0 Å². The second kappa shape index (κ2) is 7.31. The zero-order chi connectivity index (χ0) is 14.5. The lowest BCUT2D eigenvalue weighted by molar-refractivity contribution is 0.324. The van der Waals surface area contributed by atoms with E-state index >= 15 is 0 Å². The number of thiocarbonyl (C=S) groups is 1. The minimum absolute atomic E-state index is 0.0956. The van der Waals surface area contributed by atoms with E-state index in [2.05, 4.69) is 51.5 Å². The molecular formula is C15H17BrN2S2. The first-order valence-corrected chi connectivity index (χ1v) is 8.40. The molecule has 0 fully saturated rings. The van der Waals surface area contributed by atoms with E-state index in [0.29, 0.717) is 4.99 Å². The lowest BCUT2D eigenvalue weighted by atomic mass is 9.98. The minimum atomic E-state index is 0.0956. The van der Waals surface area contributed by atoms with Gasteiger partial charge in [-0.05, 0) is 45.6 Å². The van der Waals surface area contributed by atoms with Crippen molar-refractivity contribution in [1.82, 2.24) is 4.90 Å². The molecule has 0 amide bonds. The van der Waals surface area contributed by atoms with Gasteiger partial charge in [0.05, 0.1) is 8.77 Å². The molecule has 0 aliphatic heterocycles. The van der Waals surface area contributed by atoms with Crippen molar-refractivity contribution >= 4 is 44.5 Å². The fraction of sp³-hybridized carbons (Fsp3) is 0.267. The van der Waals surface area contributed by atoms with Crippen LogP contribution in [0.1, 0.15) is 17.0 Å². The molecule has 20 heavy (non-hydrogen) atoms. The molecule has 1 atom stereocenters. The van der Waals surface area contributed by atoms with Gasteiger partial charge in [0, 0.05) is 19.0 Å². The van der Waals surface area contributed by atoms with Gasteiger partial charge in [-0.25, -0.2) is 0 Å². The predicted molar refractivity (Wildman–Crippen MR) is 94.3 cm³/mol. The summed E-state index contributed by atoms with van der Waals surface area (Å²) in [4.78, 5) is 2.81. The zero-order valence-electron chi connectivity index (χ0n) is 11.3. The number of hydrogen-bond acceptors (Lipinski definition) is 3. The summed E-state index contributed by atoms with van der Waals surface area (Å²) >= 11 is 10.4. The normalized spacial score (nSPS) is 12.6. The van der Waals surface area contributed by atoms with Crippen LogP contribution in [-0.4, -0.2) is 23.5 Å². The average Bonchev–Trinajstić information content (AvgIpc) is 2.82. The van der Waals surface area contributed by atoms with Gasteiger partial charge in [-0.3, -0.25) is 0 Å². The van der Waals surface area contributed by atoms with Crippen molar-refractivity contribution < 1.29 is 0 Å². The Morgan fingerprint density at radius 1 is 1.40 bits per heavy atom. The summed E-state index contributed by atoms with van der Waals surface area (Å²) in [6.45, 7) is 1.72. The molecule has 0 radical (unpaired) electrons. The number of nitrogens with zero attached hydrogens (tertiary/aromatic N) is 1. The third-order valence-corrected chi connectivity index (χ3v) is 4.95. The molecule has 2 nitrogen and oxygen atoms in total. The van der Waals surface area contributed by atoms with E-state index in [4.69, 9.17) is 18.0 Å². The predicted octanol–water partition coefficient (Wildman–Crippen LogP) is 4.01. The SMILES string of the molecule is CN(Cc1csc(Br)c1)CC(C(N)=S)c1ccccc1. The van der Waals surface area contributed by atoms with Gasteiger partial charge in [-0.2, -0.15) is 0 Å². The van der Waals surface area contributed by atoms with Gasteiger partial charge < -0.3 is 10.6 Å². The van der Waals surface area contributed by atoms with Gasteiger partial charge in [0.15, 0.2) is 0 Å². The van der Waals surface area contributed by atoms with Crippen LogP contribution >= 0.6 is 39.5 Å². The second-order valence-electron chi connectivity index (χ2n) is 4.82. The van der Waals surface area contributed by atoms with Crippen LogP contribution < -0.4 is 5.73 Å². The Bertz CT molecular complexity index is 568. The number of halogens is 1. The van der Waals surface area contributed by atoms with Crippen LogP contribution in [0.3, 0.4) is 0 Å². The van der Waals surface area contributed by atoms with Crippen molar-refractivity contribution in [3.63, 3.8) is 0 Å². The van der Waals surface area contributed by atoms with Crippen molar-refractivity contribution in [2.75, 3.05) is 13.6 Å². The number of hydrogen-bond donors (Lipinski definition) is 1. The number of benzene rings is 1. The van der Waals surface area contributed by atoms with E-state index in [1.165, 1.54) is 11.1 Å². The first-order chi connectivity index (χ1) is 9.56. The van der Waals surface area contributed by atoms with Gasteiger partial charge in [0.1, 0.15) is 0 Å². The molecule has 0 spiro atoms. The fourth-order valence-electron chi connectivity index (χ4n) is 2.16. The van der Waals surface area contributed by atoms with E-state index in [1.807, 2.05) is 18.2 Å². The Morgan fingerprint density at radius 2 is 2.10 bits per heavy atom. The lowest BCUT2D eigenvalue weighted by Crippen LogP contribution is -2.31. The average molecular weight is 369 g/mol. The topological polar surface area (TPSA) is 29.3 Å². The zero-order valence-corrected chi connectivity index (χ0v) is 14.5. The lowest BCUT2D eigenvalue weighted by Gasteiger charge is -2.23. The monoisotopic (exact) mass is 368 g/mol. The number of likely N-dealkylation sites (N-methyl/N-ethyl adjacent to an activating group) is 1. The van der Waals surface area contributed by atoms with Crippen molar-refractivity contribution in [1.29, 1.82) is 0 Å². The standard InChI is InChI=1S/C15H17BrN2S2/c1-18(8-11-7-14(16)20-10-11)9-13(15(17)19)12-5-3-2-4-6-12/h2-7,10,13H,8-9H2,1H3,(H2,17,19).